The highest BCUT2D eigenvalue weighted by atomic mass is 16.6. The molecule has 2 aliphatic carbocycles. The molecule has 162 valence electrons. The summed E-state index contributed by atoms with van der Waals surface area (Å²) >= 11 is 0. The number of ether oxygens (including phenoxy) is 2. The third kappa shape index (κ3) is 3.17. The van der Waals surface area contributed by atoms with Crippen LogP contribution in [0.2, 0.25) is 0 Å². The van der Waals surface area contributed by atoms with Crippen molar-refractivity contribution in [2.45, 2.75) is 71.1 Å². The van der Waals surface area contributed by atoms with Crippen LogP contribution in [0.3, 0.4) is 0 Å². The standard InChI is InChI=1S/C24H32N2O4/c1-14(17-13-24(12-11-18(17)24)25-22(28)30-23(3,4)5)26-15(2)20(21(27)29-6)16-9-7-8-10-19(16)26/h7-10,14,17-18H,11-13H2,1-6H3,(H,25,28)/t14-,17?,18?,24?/m1/s1. The molecule has 0 bridgehead atoms. The fourth-order valence-electron chi connectivity index (χ4n) is 5.63. The zero-order chi connectivity index (χ0) is 21.8. The van der Waals surface area contributed by atoms with Crippen LogP contribution >= 0.6 is 0 Å². The third-order valence-electron chi connectivity index (χ3n) is 7.05. The molecule has 6 heteroatoms. The second kappa shape index (κ2) is 7.03. The van der Waals surface area contributed by atoms with E-state index in [-0.39, 0.29) is 23.6 Å². The Morgan fingerprint density at radius 2 is 1.97 bits per heavy atom. The Balaban J connectivity index is 1.58. The van der Waals surface area contributed by atoms with Gasteiger partial charge in [0.15, 0.2) is 0 Å². The number of hydrogen-bond donors (Lipinski definition) is 1. The third-order valence-corrected chi connectivity index (χ3v) is 7.05. The molecule has 0 saturated heterocycles. The van der Waals surface area contributed by atoms with Crippen molar-refractivity contribution in [3.05, 3.63) is 35.5 Å². The van der Waals surface area contributed by atoms with Crippen molar-refractivity contribution < 1.29 is 19.1 Å². The van der Waals surface area contributed by atoms with Gasteiger partial charge in [0.2, 0.25) is 0 Å². The smallest absolute Gasteiger partial charge is 0.408 e. The first kappa shape index (κ1) is 20.8. The monoisotopic (exact) mass is 412 g/mol. The number of alkyl carbamates (subject to hydrolysis) is 1. The number of rotatable bonds is 4. The first-order valence-corrected chi connectivity index (χ1v) is 10.8. The number of fused-ring (bicyclic) bond motifs is 2. The van der Waals surface area contributed by atoms with Crippen molar-refractivity contribution in [1.29, 1.82) is 0 Å². The number of nitrogens with zero attached hydrogens (tertiary/aromatic N) is 1. The van der Waals surface area contributed by atoms with Crippen molar-refractivity contribution in [3.63, 3.8) is 0 Å². The van der Waals surface area contributed by atoms with E-state index in [2.05, 4.69) is 22.9 Å². The SMILES string of the molecule is COC(=O)c1c(C)n([C@H](C)C2CC3(NC(=O)OC(C)(C)C)CCC23)c2ccccc12. The molecule has 1 heterocycles. The maximum atomic E-state index is 12.5. The van der Waals surface area contributed by atoms with Crippen molar-refractivity contribution in [3.8, 4) is 0 Å². The van der Waals surface area contributed by atoms with Crippen LogP contribution in [0, 0.1) is 18.8 Å². The summed E-state index contributed by atoms with van der Waals surface area (Å²) in [6.07, 6.45) is 2.71. The lowest BCUT2D eigenvalue weighted by Crippen LogP contribution is -2.71. The van der Waals surface area contributed by atoms with Gasteiger partial charge in [0, 0.05) is 28.2 Å². The molecule has 2 aliphatic rings. The second-order valence-electron chi connectivity index (χ2n) is 9.88. The number of carbonyl (C=O) groups is 2. The summed E-state index contributed by atoms with van der Waals surface area (Å²) in [5.74, 6) is 0.573. The number of hydrogen-bond acceptors (Lipinski definition) is 4. The molecule has 4 atom stereocenters. The van der Waals surface area contributed by atoms with E-state index in [4.69, 9.17) is 9.47 Å². The van der Waals surface area contributed by atoms with E-state index in [1.54, 1.807) is 0 Å². The van der Waals surface area contributed by atoms with E-state index >= 15 is 0 Å². The van der Waals surface area contributed by atoms with Gasteiger partial charge in [0.25, 0.3) is 0 Å². The molecule has 6 nitrogen and oxygen atoms in total. The molecule has 2 saturated carbocycles. The van der Waals surface area contributed by atoms with Gasteiger partial charge in [-0.2, -0.15) is 0 Å². The highest BCUT2D eigenvalue weighted by Crippen LogP contribution is 2.61. The average molecular weight is 413 g/mol. The number of aromatic nitrogens is 1. The van der Waals surface area contributed by atoms with Gasteiger partial charge in [-0.15, -0.1) is 0 Å². The Morgan fingerprint density at radius 3 is 2.53 bits per heavy atom. The van der Waals surface area contributed by atoms with Crippen LogP contribution in [0.4, 0.5) is 4.79 Å². The molecule has 30 heavy (non-hydrogen) atoms. The van der Waals surface area contributed by atoms with Crippen molar-refractivity contribution >= 4 is 23.0 Å². The average Bonchev–Trinajstić information content (AvgIpc) is 2.95. The van der Waals surface area contributed by atoms with Crippen LogP contribution in [-0.4, -0.2) is 34.9 Å². The summed E-state index contributed by atoms with van der Waals surface area (Å²) in [5, 5.41) is 4.09. The molecule has 4 rings (SSSR count). The van der Waals surface area contributed by atoms with Crippen LogP contribution in [0.25, 0.3) is 10.9 Å². The fourth-order valence-corrected chi connectivity index (χ4v) is 5.63. The van der Waals surface area contributed by atoms with Gasteiger partial charge in [0.05, 0.1) is 12.7 Å². The van der Waals surface area contributed by atoms with Crippen LogP contribution in [0.5, 0.6) is 0 Å². The first-order valence-electron chi connectivity index (χ1n) is 10.8. The Labute approximate surface area is 177 Å². The summed E-state index contributed by atoms with van der Waals surface area (Å²) < 4.78 is 12.8. The number of esters is 1. The molecule has 0 spiro atoms. The van der Waals surface area contributed by atoms with E-state index < -0.39 is 5.60 Å². The molecule has 1 amide bonds. The second-order valence-corrected chi connectivity index (χ2v) is 9.88. The number of benzene rings is 1. The molecule has 0 radical (unpaired) electrons. The minimum absolute atomic E-state index is 0.136. The number of para-hydroxylation sites is 1. The van der Waals surface area contributed by atoms with Crippen LogP contribution in [0.1, 0.15) is 69.1 Å². The summed E-state index contributed by atoms with van der Waals surface area (Å²) in [4.78, 5) is 24.8. The highest BCUT2D eigenvalue weighted by molar-refractivity contribution is 6.05. The lowest BCUT2D eigenvalue weighted by Gasteiger charge is -2.64. The van der Waals surface area contributed by atoms with Gasteiger partial charge in [-0.05, 0) is 71.8 Å². The minimum Gasteiger partial charge on any atom is -0.465 e. The normalized spacial score (nSPS) is 26.2. The quantitative estimate of drug-likeness (QED) is 0.718. The van der Waals surface area contributed by atoms with E-state index in [0.717, 1.165) is 35.9 Å². The Morgan fingerprint density at radius 1 is 1.27 bits per heavy atom. The van der Waals surface area contributed by atoms with Crippen LogP contribution in [-0.2, 0) is 9.47 Å². The van der Waals surface area contributed by atoms with Crippen LogP contribution < -0.4 is 5.32 Å². The van der Waals surface area contributed by atoms with E-state index in [9.17, 15) is 9.59 Å². The molecular weight excluding hydrogens is 380 g/mol. The molecule has 2 aromatic rings. The largest absolute Gasteiger partial charge is 0.465 e. The van der Waals surface area contributed by atoms with Crippen molar-refractivity contribution in [2.24, 2.45) is 11.8 Å². The molecule has 0 aliphatic heterocycles. The number of amides is 1. The van der Waals surface area contributed by atoms with Gasteiger partial charge in [-0.1, -0.05) is 18.2 Å². The van der Waals surface area contributed by atoms with Gasteiger partial charge >= 0.3 is 12.1 Å². The maximum absolute atomic E-state index is 12.5. The molecule has 3 unspecified atom stereocenters. The predicted molar refractivity (Wildman–Crippen MR) is 116 cm³/mol. The predicted octanol–water partition coefficient (Wildman–Crippen LogP) is 4.99. The number of carbonyl (C=O) groups excluding carboxylic acids is 2. The van der Waals surface area contributed by atoms with Crippen molar-refractivity contribution in [1.82, 2.24) is 9.88 Å². The van der Waals surface area contributed by atoms with Gasteiger partial charge in [-0.25, -0.2) is 9.59 Å². The summed E-state index contributed by atoms with van der Waals surface area (Å²) in [6.45, 7) is 9.86. The molecule has 2 fully saturated rings. The lowest BCUT2D eigenvalue weighted by molar-refractivity contribution is -0.101. The van der Waals surface area contributed by atoms with Gasteiger partial charge in [-0.3, -0.25) is 0 Å². The maximum Gasteiger partial charge on any atom is 0.408 e. The van der Waals surface area contributed by atoms with Gasteiger partial charge in [0.1, 0.15) is 5.60 Å². The Kier molecular flexibility index (Phi) is 4.87. The molecular formula is C24H32N2O4. The number of nitrogens with one attached hydrogen (secondary N) is 1. The van der Waals surface area contributed by atoms with E-state index in [0.29, 0.717) is 17.4 Å². The summed E-state index contributed by atoms with van der Waals surface area (Å²) in [6, 6.07) is 8.22. The zero-order valence-corrected chi connectivity index (χ0v) is 18.7. The van der Waals surface area contributed by atoms with Gasteiger partial charge < -0.3 is 19.4 Å². The lowest BCUT2D eigenvalue weighted by atomic mass is 9.46. The van der Waals surface area contributed by atoms with Crippen LogP contribution in [0.15, 0.2) is 24.3 Å². The Bertz CT molecular complexity index is 1000. The fraction of sp³-hybridized carbons (Fsp3) is 0.583. The van der Waals surface area contributed by atoms with E-state index in [1.165, 1.54) is 7.11 Å². The zero-order valence-electron chi connectivity index (χ0n) is 18.7. The van der Waals surface area contributed by atoms with Crippen molar-refractivity contribution in [2.75, 3.05) is 7.11 Å². The number of methoxy groups -OCH3 is 1. The summed E-state index contributed by atoms with van der Waals surface area (Å²) in [7, 11) is 1.42. The summed E-state index contributed by atoms with van der Waals surface area (Å²) in [5.41, 5.74) is 2.00. The first-order chi connectivity index (χ1) is 14.1. The molecule has 1 aromatic carbocycles. The molecule has 1 N–H and O–H groups in total. The van der Waals surface area contributed by atoms with E-state index in [1.807, 2.05) is 45.9 Å². The minimum atomic E-state index is -0.498. The molecule has 1 aromatic heterocycles. The highest BCUT2D eigenvalue weighted by Gasteiger charge is 2.62. The Hall–Kier alpha value is -2.50. The topological polar surface area (TPSA) is 69.6 Å².